The van der Waals surface area contributed by atoms with Crippen molar-refractivity contribution < 1.29 is 4.74 Å². The number of likely N-dealkylation sites (tertiary alicyclic amines) is 1. The van der Waals surface area contributed by atoms with Gasteiger partial charge in [-0.25, -0.2) is 0 Å². The first-order chi connectivity index (χ1) is 13.5. The maximum Gasteiger partial charge on any atom is 0.193 e. The number of aliphatic imine (C=N–C) groups is 1. The van der Waals surface area contributed by atoms with Crippen LogP contribution in [-0.2, 0) is 11.3 Å². The molecule has 1 atom stereocenters. The molecule has 1 unspecified atom stereocenters. The van der Waals surface area contributed by atoms with Gasteiger partial charge < -0.3 is 15.0 Å². The van der Waals surface area contributed by atoms with E-state index in [0.29, 0.717) is 24.6 Å². The fraction of sp³-hybridized carbons (Fsp3) is 0.696. The van der Waals surface area contributed by atoms with E-state index >= 15 is 0 Å². The summed E-state index contributed by atoms with van der Waals surface area (Å²) in [7, 11) is 1.89. The minimum atomic E-state index is 0. The number of halogens is 1. The summed E-state index contributed by atoms with van der Waals surface area (Å²) in [6.45, 7) is 14.8. The van der Waals surface area contributed by atoms with Crippen molar-refractivity contribution in [2.24, 2.45) is 10.9 Å². The number of hydrogen-bond donors (Lipinski definition) is 1. The Hall–Kier alpha value is -0.860. The van der Waals surface area contributed by atoms with Crippen LogP contribution in [0.25, 0.3) is 0 Å². The number of benzene rings is 1. The van der Waals surface area contributed by atoms with Crippen molar-refractivity contribution in [3.63, 3.8) is 0 Å². The van der Waals surface area contributed by atoms with Crippen molar-refractivity contribution in [2.45, 2.75) is 59.2 Å². The van der Waals surface area contributed by atoms with Crippen LogP contribution in [0.1, 0.15) is 46.1 Å². The number of nitrogens with zero attached hydrogens (tertiary/aromatic N) is 3. The Labute approximate surface area is 195 Å². The zero-order chi connectivity index (χ0) is 20.4. The van der Waals surface area contributed by atoms with Gasteiger partial charge in [-0.3, -0.25) is 9.89 Å². The summed E-state index contributed by atoms with van der Waals surface area (Å²) >= 11 is 0. The van der Waals surface area contributed by atoms with Crippen molar-refractivity contribution in [3.05, 3.63) is 35.9 Å². The average molecular weight is 517 g/mol. The molecule has 166 valence electrons. The number of nitrogens with one attached hydrogen (secondary N) is 1. The largest absolute Gasteiger partial charge is 0.376 e. The standard InChI is InChI=1S/C23H40N4O.HI/c1-19(2)27(20(3)4)14-9-13-25-23(24-5)26-15-12-22(16-26)18-28-17-21-10-7-6-8-11-21;/h6-8,10-11,19-20,22H,9,12-18H2,1-5H3,(H,24,25);1H. The fourth-order valence-corrected chi connectivity index (χ4v) is 3.99. The highest BCUT2D eigenvalue weighted by Gasteiger charge is 2.25. The predicted molar refractivity (Wildman–Crippen MR) is 134 cm³/mol. The highest BCUT2D eigenvalue weighted by atomic mass is 127. The van der Waals surface area contributed by atoms with Gasteiger partial charge in [-0.05, 0) is 46.1 Å². The van der Waals surface area contributed by atoms with E-state index in [1.54, 1.807) is 0 Å². The minimum absolute atomic E-state index is 0. The molecule has 0 amide bonds. The summed E-state index contributed by atoms with van der Waals surface area (Å²) in [6.07, 6.45) is 2.30. The van der Waals surface area contributed by atoms with Gasteiger partial charge in [0, 0.05) is 51.2 Å². The lowest BCUT2D eigenvalue weighted by Gasteiger charge is -2.30. The SMILES string of the molecule is CN=C(NCCCN(C(C)C)C(C)C)N1CCC(COCc2ccccc2)C1.I. The molecule has 0 spiro atoms. The van der Waals surface area contributed by atoms with Gasteiger partial charge >= 0.3 is 0 Å². The second kappa shape index (κ2) is 14.2. The predicted octanol–water partition coefficient (Wildman–Crippen LogP) is 4.23. The van der Waals surface area contributed by atoms with Crippen molar-refractivity contribution >= 4 is 29.9 Å². The second-order valence-corrected chi connectivity index (χ2v) is 8.35. The normalized spacial score (nSPS) is 17.3. The van der Waals surface area contributed by atoms with E-state index in [-0.39, 0.29) is 24.0 Å². The summed E-state index contributed by atoms with van der Waals surface area (Å²) in [5.74, 6) is 1.62. The van der Waals surface area contributed by atoms with Crippen LogP contribution in [0.3, 0.4) is 0 Å². The van der Waals surface area contributed by atoms with E-state index in [1.165, 1.54) is 12.0 Å². The van der Waals surface area contributed by atoms with Gasteiger partial charge in [0.05, 0.1) is 13.2 Å². The maximum atomic E-state index is 5.94. The molecule has 0 aromatic heterocycles. The first kappa shape index (κ1) is 26.2. The van der Waals surface area contributed by atoms with Gasteiger partial charge in [-0.1, -0.05) is 30.3 Å². The Balaban J connectivity index is 0.00000420. The highest BCUT2D eigenvalue weighted by Crippen LogP contribution is 2.17. The van der Waals surface area contributed by atoms with Crippen LogP contribution in [0.2, 0.25) is 0 Å². The Morgan fingerprint density at radius 2 is 1.90 bits per heavy atom. The smallest absolute Gasteiger partial charge is 0.193 e. The van der Waals surface area contributed by atoms with E-state index in [1.807, 2.05) is 13.1 Å². The Morgan fingerprint density at radius 1 is 1.21 bits per heavy atom. The summed E-state index contributed by atoms with van der Waals surface area (Å²) in [5, 5.41) is 3.56. The van der Waals surface area contributed by atoms with Crippen LogP contribution >= 0.6 is 24.0 Å². The third-order valence-electron chi connectivity index (χ3n) is 5.47. The molecule has 0 aliphatic carbocycles. The van der Waals surface area contributed by atoms with Gasteiger partial charge in [0.15, 0.2) is 5.96 Å². The molecule has 1 saturated heterocycles. The highest BCUT2D eigenvalue weighted by molar-refractivity contribution is 14.0. The zero-order valence-corrected chi connectivity index (χ0v) is 21.3. The van der Waals surface area contributed by atoms with Crippen molar-refractivity contribution in [1.29, 1.82) is 0 Å². The van der Waals surface area contributed by atoms with Crippen LogP contribution in [0.4, 0.5) is 0 Å². The van der Waals surface area contributed by atoms with Gasteiger partial charge in [0.2, 0.25) is 0 Å². The molecule has 2 rings (SSSR count). The van der Waals surface area contributed by atoms with Crippen LogP contribution in [0.15, 0.2) is 35.3 Å². The van der Waals surface area contributed by atoms with Crippen molar-refractivity contribution in [1.82, 2.24) is 15.1 Å². The van der Waals surface area contributed by atoms with Gasteiger partial charge in [0.1, 0.15) is 0 Å². The molecule has 0 radical (unpaired) electrons. The number of guanidine groups is 1. The van der Waals surface area contributed by atoms with Crippen LogP contribution < -0.4 is 5.32 Å². The van der Waals surface area contributed by atoms with Crippen LogP contribution in [0.5, 0.6) is 0 Å². The molecule has 1 aromatic rings. The third kappa shape index (κ3) is 9.22. The molecule has 6 heteroatoms. The Kier molecular flexibility index (Phi) is 12.8. The average Bonchev–Trinajstić information content (AvgIpc) is 3.13. The van der Waals surface area contributed by atoms with E-state index < -0.39 is 0 Å². The molecule has 0 bridgehead atoms. The number of rotatable bonds is 10. The lowest BCUT2D eigenvalue weighted by Crippen LogP contribution is -2.42. The molecule has 0 saturated carbocycles. The first-order valence-electron chi connectivity index (χ1n) is 10.8. The second-order valence-electron chi connectivity index (χ2n) is 8.35. The molecule has 1 N–H and O–H groups in total. The molecule has 1 aliphatic heterocycles. The minimum Gasteiger partial charge on any atom is -0.376 e. The van der Waals surface area contributed by atoms with Crippen molar-refractivity contribution in [3.8, 4) is 0 Å². The molecule has 1 heterocycles. The summed E-state index contributed by atoms with van der Waals surface area (Å²) in [6, 6.07) is 11.6. The Morgan fingerprint density at radius 3 is 2.52 bits per heavy atom. The van der Waals surface area contributed by atoms with Crippen LogP contribution in [-0.4, -0.2) is 67.7 Å². The molecule has 1 aliphatic rings. The zero-order valence-electron chi connectivity index (χ0n) is 18.9. The van der Waals surface area contributed by atoms with Gasteiger partial charge in [-0.15, -0.1) is 24.0 Å². The van der Waals surface area contributed by atoms with Gasteiger partial charge in [-0.2, -0.15) is 0 Å². The monoisotopic (exact) mass is 516 g/mol. The van der Waals surface area contributed by atoms with E-state index in [9.17, 15) is 0 Å². The molecule has 1 fully saturated rings. The lowest BCUT2D eigenvalue weighted by molar-refractivity contribution is 0.0906. The summed E-state index contributed by atoms with van der Waals surface area (Å²) in [4.78, 5) is 9.41. The van der Waals surface area contributed by atoms with Crippen LogP contribution in [0, 0.1) is 5.92 Å². The fourth-order valence-electron chi connectivity index (χ4n) is 3.99. The van der Waals surface area contributed by atoms with Crippen molar-refractivity contribution in [2.75, 3.05) is 39.8 Å². The summed E-state index contributed by atoms with van der Waals surface area (Å²) < 4.78 is 5.94. The Bertz CT molecular complexity index is 572. The first-order valence-corrected chi connectivity index (χ1v) is 10.8. The molecular weight excluding hydrogens is 475 g/mol. The lowest BCUT2D eigenvalue weighted by atomic mass is 10.1. The number of hydrogen-bond acceptors (Lipinski definition) is 3. The summed E-state index contributed by atoms with van der Waals surface area (Å²) in [5.41, 5.74) is 1.24. The molecular formula is C23H41IN4O. The van der Waals surface area contributed by atoms with E-state index in [2.05, 4.69) is 72.1 Å². The molecule has 5 nitrogen and oxygen atoms in total. The molecule has 29 heavy (non-hydrogen) atoms. The molecule has 1 aromatic carbocycles. The topological polar surface area (TPSA) is 40.1 Å². The van der Waals surface area contributed by atoms with E-state index in [4.69, 9.17) is 4.74 Å². The quantitative estimate of drug-likeness (QED) is 0.219. The number of ether oxygens (including phenoxy) is 1. The van der Waals surface area contributed by atoms with E-state index in [0.717, 1.165) is 45.2 Å². The maximum absolute atomic E-state index is 5.94. The van der Waals surface area contributed by atoms with Gasteiger partial charge in [0.25, 0.3) is 0 Å². The third-order valence-corrected chi connectivity index (χ3v) is 5.47.